The van der Waals surface area contributed by atoms with Crippen molar-refractivity contribution in [1.82, 2.24) is 5.32 Å². The number of nitrogens with one attached hydrogen (secondary N) is 1. The molecule has 1 heterocycles. The third-order valence-electron chi connectivity index (χ3n) is 2.59. The maximum Gasteiger partial charge on any atom is 0.371 e. The summed E-state index contributed by atoms with van der Waals surface area (Å²) in [6, 6.07) is 8.57. The van der Waals surface area contributed by atoms with E-state index in [2.05, 4.69) is 5.32 Å². The fraction of sp³-hybridized carbons (Fsp3) is 0.143. The van der Waals surface area contributed by atoms with Crippen molar-refractivity contribution >= 4 is 11.9 Å². The minimum atomic E-state index is -1.16. The Morgan fingerprint density at radius 3 is 2.70 bits per heavy atom. The molecule has 0 unspecified atom stereocenters. The largest absolute Gasteiger partial charge is 0.475 e. The minimum Gasteiger partial charge on any atom is -0.475 e. The monoisotopic (exact) mass is 277 g/mol. The smallest absolute Gasteiger partial charge is 0.371 e. The SMILES string of the molecule is O=C(Cc1cccc(F)c1)NCc1ccc(C(=O)O)o1. The number of carbonyl (C=O) groups excluding carboxylic acids is 1. The number of hydrogen-bond acceptors (Lipinski definition) is 3. The van der Waals surface area contributed by atoms with E-state index in [1.165, 1.54) is 30.3 Å². The predicted octanol–water partition coefficient (Wildman–Crippen LogP) is 1.98. The zero-order valence-corrected chi connectivity index (χ0v) is 10.4. The Labute approximate surface area is 114 Å². The van der Waals surface area contributed by atoms with E-state index in [1.54, 1.807) is 6.07 Å². The van der Waals surface area contributed by atoms with E-state index in [-0.39, 0.29) is 24.6 Å². The van der Waals surface area contributed by atoms with Gasteiger partial charge in [-0.05, 0) is 29.8 Å². The summed E-state index contributed by atoms with van der Waals surface area (Å²) < 4.78 is 17.9. The number of hydrogen-bond donors (Lipinski definition) is 2. The number of halogens is 1. The van der Waals surface area contributed by atoms with Crippen molar-refractivity contribution < 1.29 is 23.5 Å². The quantitative estimate of drug-likeness (QED) is 0.875. The standard InChI is InChI=1S/C14H12FNO4/c15-10-3-1-2-9(6-10)7-13(17)16-8-11-4-5-12(20-11)14(18)19/h1-6H,7-8H2,(H,16,17)(H,18,19). The Morgan fingerprint density at radius 2 is 2.05 bits per heavy atom. The van der Waals surface area contributed by atoms with Crippen LogP contribution in [0.5, 0.6) is 0 Å². The molecule has 6 heteroatoms. The molecule has 0 fully saturated rings. The average Bonchev–Trinajstić information content (AvgIpc) is 2.85. The molecule has 0 radical (unpaired) electrons. The third kappa shape index (κ3) is 3.68. The molecule has 2 rings (SSSR count). The van der Waals surface area contributed by atoms with Gasteiger partial charge in [0.1, 0.15) is 11.6 Å². The molecular weight excluding hydrogens is 265 g/mol. The molecule has 0 aliphatic rings. The van der Waals surface area contributed by atoms with Crippen LogP contribution in [0.4, 0.5) is 4.39 Å². The average molecular weight is 277 g/mol. The highest BCUT2D eigenvalue weighted by Gasteiger charge is 2.10. The van der Waals surface area contributed by atoms with Gasteiger partial charge in [-0.2, -0.15) is 0 Å². The van der Waals surface area contributed by atoms with E-state index < -0.39 is 11.8 Å². The lowest BCUT2D eigenvalue weighted by Gasteiger charge is -2.03. The fourth-order valence-corrected chi connectivity index (χ4v) is 1.67. The molecule has 1 aromatic carbocycles. The Morgan fingerprint density at radius 1 is 1.25 bits per heavy atom. The number of furan rings is 1. The lowest BCUT2D eigenvalue weighted by molar-refractivity contribution is -0.120. The molecule has 1 aromatic heterocycles. The van der Waals surface area contributed by atoms with E-state index in [9.17, 15) is 14.0 Å². The molecule has 0 spiro atoms. The first kappa shape index (κ1) is 13.8. The number of carbonyl (C=O) groups is 2. The topological polar surface area (TPSA) is 79.5 Å². The van der Waals surface area contributed by atoms with Crippen molar-refractivity contribution in [3.63, 3.8) is 0 Å². The number of carboxylic acids is 1. The Kier molecular flexibility index (Phi) is 4.14. The van der Waals surface area contributed by atoms with Gasteiger partial charge in [0.25, 0.3) is 0 Å². The molecule has 1 amide bonds. The molecule has 5 nitrogen and oxygen atoms in total. The second-order valence-corrected chi connectivity index (χ2v) is 4.15. The van der Waals surface area contributed by atoms with Gasteiger partial charge in [0, 0.05) is 0 Å². The maximum absolute atomic E-state index is 12.9. The summed E-state index contributed by atoms with van der Waals surface area (Å²) in [6.45, 7) is 0.0848. The second-order valence-electron chi connectivity index (χ2n) is 4.15. The first-order valence-electron chi connectivity index (χ1n) is 5.88. The van der Waals surface area contributed by atoms with Gasteiger partial charge >= 0.3 is 5.97 Å². The lowest BCUT2D eigenvalue weighted by atomic mass is 10.1. The zero-order chi connectivity index (χ0) is 14.5. The van der Waals surface area contributed by atoms with Crippen molar-refractivity contribution in [3.8, 4) is 0 Å². The summed E-state index contributed by atoms with van der Waals surface area (Å²) >= 11 is 0. The highest BCUT2D eigenvalue weighted by molar-refractivity contribution is 5.84. The van der Waals surface area contributed by atoms with Gasteiger partial charge in [0.05, 0.1) is 13.0 Å². The zero-order valence-electron chi connectivity index (χ0n) is 10.4. The van der Waals surface area contributed by atoms with Gasteiger partial charge in [0.15, 0.2) is 0 Å². The van der Waals surface area contributed by atoms with Crippen LogP contribution in [-0.2, 0) is 17.8 Å². The number of carboxylic acid groups (broad SMARTS) is 1. The van der Waals surface area contributed by atoms with Crippen molar-refractivity contribution in [1.29, 1.82) is 0 Å². The van der Waals surface area contributed by atoms with Gasteiger partial charge in [0.2, 0.25) is 11.7 Å². The summed E-state index contributed by atoms with van der Waals surface area (Å²) in [5.41, 5.74) is 0.563. The van der Waals surface area contributed by atoms with Crippen LogP contribution < -0.4 is 5.32 Å². The van der Waals surface area contributed by atoms with E-state index in [1.807, 2.05) is 0 Å². The molecule has 0 aliphatic heterocycles. The molecule has 20 heavy (non-hydrogen) atoms. The van der Waals surface area contributed by atoms with Crippen LogP contribution >= 0.6 is 0 Å². The number of rotatable bonds is 5. The van der Waals surface area contributed by atoms with Crippen LogP contribution in [0.25, 0.3) is 0 Å². The van der Waals surface area contributed by atoms with Crippen LogP contribution in [-0.4, -0.2) is 17.0 Å². The normalized spacial score (nSPS) is 10.2. The first-order valence-corrected chi connectivity index (χ1v) is 5.88. The highest BCUT2D eigenvalue weighted by atomic mass is 19.1. The van der Waals surface area contributed by atoms with Crippen LogP contribution in [0.3, 0.4) is 0 Å². The van der Waals surface area contributed by atoms with Crippen molar-refractivity contribution in [2.75, 3.05) is 0 Å². The van der Waals surface area contributed by atoms with Gasteiger partial charge in [-0.1, -0.05) is 12.1 Å². The van der Waals surface area contributed by atoms with Crippen LogP contribution in [0.15, 0.2) is 40.8 Å². The maximum atomic E-state index is 12.9. The van der Waals surface area contributed by atoms with Crippen molar-refractivity contribution in [2.45, 2.75) is 13.0 Å². The van der Waals surface area contributed by atoms with Crippen LogP contribution in [0.1, 0.15) is 21.9 Å². The molecule has 0 saturated carbocycles. The molecular formula is C14H12FNO4. The third-order valence-corrected chi connectivity index (χ3v) is 2.59. The molecule has 2 aromatic rings. The van der Waals surface area contributed by atoms with E-state index >= 15 is 0 Å². The van der Waals surface area contributed by atoms with Crippen LogP contribution in [0.2, 0.25) is 0 Å². The number of aromatic carboxylic acids is 1. The number of benzene rings is 1. The molecule has 0 saturated heterocycles. The van der Waals surface area contributed by atoms with Gasteiger partial charge in [-0.25, -0.2) is 9.18 Å². The minimum absolute atomic E-state index is 0.0459. The summed E-state index contributed by atoms with van der Waals surface area (Å²) in [4.78, 5) is 22.3. The molecule has 2 N–H and O–H groups in total. The van der Waals surface area contributed by atoms with Gasteiger partial charge < -0.3 is 14.8 Å². The second kappa shape index (κ2) is 6.01. The molecule has 0 atom stereocenters. The fourth-order valence-electron chi connectivity index (χ4n) is 1.67. The molecule has 104 valence electrons. The Balaban J connectivity index is 1.87. The number of amides is 1. The van der Waals surface area contributed by atoms with Crippen molar-refractivity contribution in [3.05, 3.63) is 59.3 Å². The predicted molar refractivity (Wildman–Crippen MR) is 67.6 cm³/mol. The summed E-state index contributed by atoms with van der Waals surface area (Å²) in [7, 11) is 0. The molecule has 0 aliphatic carbocycles. The summed E-state index contributed by atoms with van der Waals surface area (Å²) in [6.07, 6.45) is 0.0459. The van der Waals surface area contributed by atoms with Crippen LogP contribution in [0, 0.1) is 5.82 Å². The summed E-state index contributed by atoms with van der Waals surface area (Å²) in [5, 5.41) is 11.3. The van der Waals surface area contributed by atoms with E-state index in [0.29, 0.717) is 11.3 Å². The first-order chi connectivity index (χ1) is 9.54. The van der Waals surface area contributed by atoms with Crippen molar-refractivity contribution in [2.24, 2.45) is 0 Å². The Hall–Kier alpha value is -2.63. The summed E-state index contributed by atoms with van der Waals surface area (Å²) in [5.74, 6) is -1.70. The van der Waals surface area contributed by atoms with E-state index in [4.69, 9.17) is 9.52 Å². The van der Waals surface area contributed by atoms with Gasteiger partial charge in [-0.15, -0.1) is 0 Å². The molecule has 0 bridgehead atoms. The van der Waals surface area contributed by atoms with E-state index in [0.717, 1.165) is 0 Å². The lowest BCUT2D eigenvalue weighted by Crippen LogP contribution is -2.24. The Bertz CT molecular complexity index is 636. The van der Waals surface area contributed by atoms with Gasteiger partial charge in [-0.3, -0.25) is 4.79 Å². The highest BCUT2D eigenvalue weighted by Crippen LogP contribution is 2.08.